The Hall–Kier alpha value is -1.59. The van der Waals surface area contributed by atoms with Crippen molar-refractivity contribution in [2.75, 3.05) is 0 Å². The fourth-order valence-electron chi connectivity index (χ4n) is 1.52. The summed E-state index contributed by atoms with van der Waals surface area (Å²) >= 11 is 5.94. The Balaban J connectivity index is 2.95. The van der Waals surface area contributed by atoms with Crippen molar-refractivity contribution in [3.63, 3.8) is 0 Å². The number of hydrogen-bond acceptors (Lipinski definition) is 3. The van der Waals surface area contributed by atoms with Gasteiger partial charge in [0.05, 0.1) is 6.04 Å². The number of amides is 1. The molecule has 0 aliphatic heterocycles. The molecule has 1 rings (SSSR count). The van der Waals surface area contributed by atoms with Gasteiger partial charge in [0.25, 0.3) is 0 Å². The second kappa shape index (κ2) is 6.54. The first-order valence-corrected chi connectivity index (χ1v) is 6.25. The highest BCUT2D eigenvalue weighted by Crippen LogP contribution is 2.23. The second-order valence-corrected chi connectivity index (χ2v) is 4.98. The molecule has 1 amide bonds. The third-order valence-electron chi connectivity index (χ3n) is 2.77. The summed E-state index contributed by atoms with van der Waals surface area (Å²) in [5, 5.41) is 11.9. The van der Waals surface area contributed by atoms with E-state index in [2.05, 4.69) is 5.32 Å². The Morgan fingerprint density at radius 2 is 1.89 bits per heavy atom. The number of carbonyl (C=O) groups is 2. The molecule has 104 valence electrons. The van der Waals surface area contributed by atoms with E-state index in [1.54, 1.807) is 38.1 Å². The first-order valence-electron chi connectivity index (χ1n) is 5.87. The van der Waals surface area contributed by atoms with Crippen LogP contribution in [0.5, 0.6) is 0 Å². The van der Waals surface area contributed by atoms with E-state index in [0.29, 0.717) is 5.56 Å². The van der Waals surface area contributed by atoms with Crippen molar-refractivity contribution in [2.45, 2.75) is 25.9 Å². The Morgan fingerprint density at radius 1 is 1.32 bits per heavy atom. The fraction of sp³-hybridized carbons (Fsp3) is 0.385. The Bertz CT molecular complexity index is 477. The van der Waals surface area contributed by atoms with Gasteiger partial charge in [0, 0.05) is 10.6 Å². The van der Waals surface area contributed by atoms with Crippen LogP contribution >= 0.6 is 11.6 Å². The van der Waals surface area contributed by atoms with Crippen LogP contribution in [0.1, 0.15) is 25.5 Å². The summed E-state index contributed by atoms with van der Waals surface area (Å²) in [5.74, 6) is -1.78. The van der Waals surface area contributed by atoms with Gasteiger partial charge in [0.1, 0.15) is 0 Å². The van der Waals surface area contributed by atoms with E-state index in [0.717, 1.165) is 0 Å². The summed E-state index contributed by atoms with van der Waals surface area (Å²) in [4.78, 5) is 23.1. The predicted molar refractivity (Wildman–Crippen MR) is 72.8 cm³/mol. The smallest absolute Gasteiger partial charge is 0.330 e. The highest BCUT2D eigenvalue weighted by molar-refractivity contribution is 6.31. The number of carboxylic acids is 1. The minimum Gasteiger partial charge on any atom is -0.479 e. The van der Waals surface area contributed by atoms with E-state index in [1.165, 1.54) is 0 Å². The Labute approximate surface area is 116 Å². The van der Waals surface area contributed by atoms with Crippen LogP contribution < -0.4 is 11.1 Å². The largest absolute Gasteiger partial charge is 0.479 e. The number of benzene rings is 1. The molecule has 1 aromatic rings. The van der Waals surface area contributed by atoms with Gasteiger partial charge in [0.2, 0.25) is 5.91 Å². The maximum atomic E-state index is 11.8. The monoisotopic (exact) mass is 284 g/mol. The van der Waals surface area contributed by atoms with Gasteiger partial charge < -0.3 is 16.2 Å². The molecule has 4 N–H and O–H groups in total. The number of rotatable bonds is 5. The fourth-order valence-corrected chi connectivity index (χ4v) is 1.77. The van der Waals surface area contributed by atoms with Gasteiger partial charge >= 0.3 is 5.97 Å². The van der Waals surface area contributed by atoms with Crippen molar-refractivity contribution in [1.29, 1.82) is 0 Å². The molecule has 0 bridgehead atoms. The predicted octanol–water partition coefficient (Wildman–Crippen LogP) is 1.57. The number of halogens is 1. The van der Waals surface area contributed by atoms with Crippen LogP contribution in [0.15, 0.2) is 24.3 Å². The third-order valence-corrected chi connectivity index (χ3v) is 3.11. The lowest BCUT2D eigenvalue weighted by atomic mass is 10.0. The van der Waals surface area contributed by atoms with E-state index in [9.17, 15) is 14.7 Å². The van der Waals surface area contributed by atoms with Crippen molar-refractivity contribution in [2.24, 2.45) is 11.7 Å². The molecule has 0 spiro atoms. The molecule has 0 heterocycles. The zero-order chi connectivity index (χ0) is 14.6. The van der Waals surface area contributed by atoms with Crippen LogP contribution in [0.3, 0.4) is 0 Å². The molecule has 1 aromatic carbocycles. The minimum absolute atomic E-state index is 0.0827. The lowest BCUT2D eigenvalue weighted by Crippen LogP contribution is -2.46. The molecule has 0 fully saturated rings. The second-order valence-electron chi connectivity index (χ2n) is 4.57. The number of hydrogen-bond donors (Lipinski definition) is 3. The molecular formula is C13H17ClN2O3. The average molecular weight is 285 g/mol. The van der Waals surface area contributed by atoms with E-state index in [1.807, 2.05) is 0 Å². The molecule has 19 heavy (non-hydrogen) atoms. The van der Waals surface area contributed by atoms with Crippen LogP contribution in [0.4, 0.5) is 0 Å². The highest BCUT2D eigenvalue weighted by atomic mass is 35.5. The van der Waals surface area contributed by atoms with E-state index in [-0.39, 0.29) is 10.9 Å². The molecule has 0 aliphatic carbocycles. The summed E-state index contributed by atoms with van der Waals surface area (Å²) in [6.45, 7) is 3.57. The molecule has 0 unspecified atom stereocenters. The quantitative estimate of drug-likeness (QED) is 0.765. The lowest BCUT2D eigenvalue weighted by molar-refractivity contribution is -0.142. The number of nitrogens with one attached hydrogen (secondary N) is 1. The van der Waals surface area contributed by atoms with Gasteiger partial charge in [-0.3, -0.25) is 4.79 Å². The van der Waals surface area contributed by atoms with Crippen molar-refractivity contribution in [3.05, 3.63) is 34.9 Å². The van der Waals surface area contributed by atoms with E-state index >= 15 is 0 Å². The van der Waals surface area contributed by atoms with Crippen molar-refractivity contribution in [3.8, 4) is 0 Å². The first-order chi connectivity index (χ1) is 8.84. The van der Waals surface area contributed by atoms with Crippen molar-refractivity contribution < 1.29 is 14.7 Å². The molecule has 5 nitrogen and oxygen atoms in total. The number of carboxylic acid groups (broad SMARTS) is 1. The summed E-state index contributed by atoms with van der Waals surface area (Å²) in [7, 11) is 0. The molecule has 0 saturated carbocycles. The third kappa shape index (κ3) is 3.94. The molecule has 0 saturated heterocycles. The Morgan fingerprint density at radius 3 is 2.37 bits per heavy atom. The van der Waals surface area contributed by atoms with Crippen molar-refractivity contribution >= 4 is 23.5 Å². The summed E-state index contributed by atoms with van der Waals surface area (Å²) in [5.41, 5.74) is 6.02. The first kappa shape index (κ1) is 15.5. The normalized spacial score (nSPS) is 13.9. The lowest BCUT2D eigenvalue weighted by Gasteiger charge is -2.20. The molecule has 0 aliphatic rings. The molecule has 0 radical (unpaired) electrons. The topological polar surface area (TPSA) is 92.4 Å². The minimum atomic E-state index is -1.20. The summed E-state index contributed by atoms with van der Waals surface area (Å²) in [6.07, 6.45) is 0. The zero-order valence-corrected chi connectivity index (χ0v) is 11.5. The molecule has 2 atom stereocenters. The number of nitrogens with two attached hydrogens (primary N) is 1. The number of aliphatic carboxylic acids is 1. The van der Waals surface area contributed by atoms with Crippen LogP contribution in [-0.4, -0.2) is 23.0 Å². The highest BCUT2D eigenvalue weighted by Gasteiger charge is 2.27. The average Bonchev–Trinajstić information content (AvgIpc) is 2.35. The van der Waals surface area contributed by atoms with E-state index < -0.39 is 24.0 Å². The van der Waals surface area contributed by atoms with Crippen LogP contribution in [-0.2, 0) is 9.59 Å². The standard InChI is InChI=1S/C13H17ClN2O3/c1-7(2)10(15)12(17)16-11(13(18)19)8-5-3-4-6-9(8)14/h3-7,10-11H,15H2,1-2H3,(H,16,17)(H,18,19)/t10-,11-/m1/s1. The van der Waals surface area contributed by atoms with Gasteiger partial charge in [-0.2, -0.15) is 0 Å². The van der Waals surface area contributed by atoms with Gasteiger partial charge in [-0.1, -0.05) is 43.6 Å². The van der Waals surface area contributed by atoms with E-state index in [4.69, 9.17) is 17.3 Å². The van der Waals surface area contributed by atoms with Gasteiger partial charge in [-0.25, -0.2) is 4.79 Å². The maximum absolute atomic E-state index is 11.8. The Kier molecular flexibility index (Phi) is 5.32. The molecule has 6 heteroatoms. The zero-order valence-electron chi connectivity index (χ0n) is 10.8. The van der Waals surface area contributed by atoms with Gasteiger partial charge in [0.15, 0.2) is 6.04 Å². The van der Waals surface area contributed by atoms with Crippen LogP contribution in [0, 0.1) is 5.92 Å². The van der Waals surface area contributed by atoms with Crippen molar-refractivity contribution in [1.82, 2.24) is 5.32 Å². The van der Waals surface area contributed by atoms with Gasteiger partial charge in [-0.05, 0) is 12.0 Å². The maximum Gasteiger partial charge on any atom is 0.330 e. The van der Waals surface area contributed by atoms with Crippen LogP contribution in [0.25, 0.3) is 0 Å². The number of carbonyl (C=O) groups excluding carboxylic acids is 1. The summed E-state index contributed by atoms with van der Waals surface area (Å²) < 4.78 is 0. The summed E-state index contributed by atoms with van der Waals surface area (Å²) in [6, 6.07) is 4.51. The molecule has 0 aromatic heterocycles. The SMILES string of the molecule is CC(C)[C@@H](N)C(=O)N[C@@H](C(=O)O)c1ccccc1Cl. The van der Waals surface area contributed by atoms with Gasteiger partial charge in [-0.15, -0.1) is 0 Å². The molecular weight excluding hydrogens is 268 g/mol. The van der Waals surface area contributed by atoms with Crippen LogP contribution in [0.2, 0.25) is 5.02 Å².